The molecule has 31 heavy (non-hydrogen) atoms. The second kappa shape index (κ2) is 9.49. The molecule has 1 unspecified atom stereocenters. The van der Waals surface area contributed by atoms with E-state index in [-0.39, 0.29) is 23.8 Å². The van der Waals surface area contributed by atoms with Gasteiger partial charge in [0.25, 0.3) is 0 Å². The fourth-order valence-electron chi connectivity index (χ4n) is 3.81. The standard InChI is InChI=1S/C24H27N3O3S/c1-2-29-24(28)20(22-13-17-12-16(23(25)26)5-8-21(17)31-22)11-15-3-6-18(7-4-15)30-19-9-10-27-14-19/h3-8,12-13,19-20,27H,2,9-11,14H2,1H3,(H3,25,26)/t19-,20?/m0/s1. The van der Waals surface area contributed by atoms with Gasteiger partial charge in [-0.1, -0.05) is 12.1 Å². The molecule has 4 rings (SSSR count). The third kappa shape index (κ3) is 5.06. The molecule has 1 aliphatic heterocycles. The van der Waals surface area contributed by atoms with Crippen molar-refractivity contribution in [1.29, 1.82) is 5.41 Å². The first-order chi connectivity index (χ1) is 15.0. The molecular weight excluding hydrogens is 410 g/mol. The number of nitrogens with one attached hydrogen (secondary N) is 2. The quantitative estimate of drug-likeness (QED) is 0.283. The summed E-state index contributed by atoms with van der Waals surface area (Å²) >= 11 is 1.58. The number of carbonyl (C=O) groups excluding carboxylic acids is 1. The zero-order chi connectivity index (χ0) is 21.8. The average molecular weight is 438 g/mol. The summed E-state index contributed by atoms with van der Waals surface area (Å²) in [7, 11) is 0. The summed E-state index contributed by atoms with van der Waals surface area (Å²) in [6, 6.07) is 15.7. The van der Waals surface area contributed by atoms with Gasteiger partial charge in [0.15, 0.2) is 0 Å². The van der Waals surface area contributed by atoms with Gasteiger partial charge in [-0.15, -0.1) is 11.3 Å². The molecule has 1 saturated heterocycles. The van der Waals surface area contributed by atoms with Crippen LogP contribution < -0.4 is 15.8 Å². The van der Waals surface area contributed by atoms with E-state index in [0.29, 0.717) is 18.6 Å². The molecule has 7 heteroatoms. The number of hydrogen-bond donors (Lipinski definition) is 3. The fourth-order valence-corrected chi connectivity index (χ4v) is 4.94. The SMILES string of the molecule is CCOC(=O)C(Cc1ccc(O[C@H]2CCNC2)cc1)c1cc2cc(C(=N)N)ccc2s1. The molecule has 2 heterocycles. The maximum Gasteiger partial charge on any atom is 0.314 e. The fraction of sp³-hybridized carbons (Fsp3) is 0.333. The number of carbonyl (C=O) groups is 1. The summed E-state index contributed by atoms with van der Waals surface area (Å²) < 4.78 is 12.4. The Labute approximate surface area is 185 Å². The zero-order valence-electron chi connectivity index (χ0n) is 17.5. The number of thiophene rings is 1. The van der Waals surface area contributed by atoms with Crippen molar-refractivity contribution in [3.05, 3.63) is 64.5 Å². The first kappa shape index (κ1) is 21.3. The van der Waals surface area contributed by atoms with Crippen molar-refractivity contribution in [3.63, 3.8) is 0 Å². The lowest BCUT2D eigenvalue weighted by atomic mass is 9.97. The van der Waals surface area contributed by atoms with Crippen molar-refractivity contribution < 1.29 is 14.3 Å². The highest BCUT2D eigenvalue weighted by molar-refractivity contribution is 7.19. The first-order valence-corrected chi connectivity index (χ1v) is 11.4. The van der Waals surface area contributed by atoms with E-state index in [4.69, 9.17) is 20.6 Å². The van der Waals surface area contributed by atoms with Crippen LogP contribution in [0.25, 0.3) is 10.1 Å². The minimum Gasteiger partial charge on any atom is -0.489 e. The molecule has 0 aliphatic carbocycles. The van der Waals surface area contributed by atoms with E-state index < -0.39 is 0 Å². The van der Waals surface area contributed by atoms with Crippen molar-refractivity contribution in [2.45, 2.75) is 31.8 Å². The summed E-state index contributed by atoms with van der Waals surface area (Å²) in [6.07, 6.45) is 1.79. The molecule has 3 aromatic rings. The zero-order valence-corrected chi connectivity index (χ0v) is 18.3. The highest BCUT2D eigenvalue weighted by atomic mass is 32.1. The maximum atomic E-state index is 12.8. The third-order valence-corrected chi connectivity index (χ3v) is 6.67. The largest absolute Gasteiger partial charge is 0.489 e. The first-order valence-electron chi connectivity index (χ1n) is 10.5. The molecule has 1 aliphatic rings. The van der Waals surface area contributed by atoms with Crippen LogP contribution in [-0.4, -0.2) is 37.6 Å². The van der Waals surface area contributed by atoms with Gasteiger partial charge in [-0.2, -0.15) is 0 Å². The summed E-state index contributed by atoms with van der Waals surface area (Å²) in [5.74, 6) is 0.276. The molecule has 4 N–H and O–H groups in total. The Morgan fingerprint density at radius 2 is 2.06 bits per heavy atom. The Morgan fingerprint density at radius 1 is 1.26 bits per heavy atom. The second-order valence-corrected chi connectivity index (χ2v) is 8.82. The lowest BCUT2D eigenvalue weighted by Gasteiger charge is -2.16. The predicted octanol–water partition coefficient (Wildman–Crippen LogP) is 3.82. The monoisotopic (exact) mass is 437 g/mol. The van der Waals surface area contributed by atoms with E-state index >= 15 is 0 Å². The van der Waals surface area contributed by atoms with Crippen LogP contribution in [0.5, 0.6) is 5.75 Å². The van der Waals surface area contributed by atoms with Crippen LogP contribution in [-0.2, 0) is 16.0 Å². The molecule has 1 aromatic heterocycles. The van der Waals surface area contributed by atoms with E-state index in [1.54, 1.807) is 11.3 Å². The van der Waals surface area contributed by atoms with Gasteiger partial charge in [0.1, 0.15) is 17.7 Å². The van der Waals surface area contributed by atoms with Crippen LogP contribution in [0.15, 0.2) is 48.5 Å². The van der Waals surface area contributed by atoms with Gasteiger partial charge in [0.05, 0.1) is 12.5 Å². The molecule has 0 radical (unpaired) electrons. The Morgan fingerprint density at radius 3 is 2.74 bits per heavy atom. The third-order valence-electron chi connectivity index (χ3n) is 5.44. The van der Waals surface area contributed by atoms with Gasteiger partial charge < -0.3 is 20.5 Å². The minimum atomic E-state index is -0.385. The molecule has 1 fully saturated rings. The number of esters is 1. The topological polar surface area (TPSA) is 97.4 Å². The van der Waals surface area contributed by atoms with Gasteiger partial charge in [-0.25, -0.2) is 0 Å². The molecule has 0 bridgehead atoms. The van der Waals surface area contributed by atoms with Crippen molar-refractivity contribution >= 4 is 33.2 Å². The molecule has 6 nitrogen and oxygen atoms in total. The van der Waals surface area contributed by atoms with Crippen LogP contribution in [0.2, 0.25) is 0 Å². The normalized spacial score (nSPS) is 16.9. The number of amidine groups is 1. The van der Waals surface area contributed by atoms with Crippen LogP contribution in [0, 0.1) is 5.41 Å². The summed E-state index contributed by atoms with van der Waals surface area (Å²) in [5.41, 5.74) is 7.35. The van der Waals surface area contributed by atoms with Crippen LogP contribution in [0.1, 0.15) is 35.3 Å². The number of nitrogens with two attached hydrogens (primary N) is 1. The van der Waals surface area contributed by atoms with Crippen LogP contribution in [0.3, 0.4) is 0 Å². The van der Waals surface area contributed by atoms with E-state index in [2.05, 4.69) is 5.32 Å². The van der Waals surface area contributed by atoms with Gasteiger partial charge in [0.2, 0.25) is 0 Å². The maximum absolute atomic E-state index is 12.8. The Hall–Kier alpha value is -2.90. The smallest absolute Gasteiger partial charge is 0.314 e. The number of fused-ring (bicyclic) bond motifs is 1. The second-order valence-electron chi connectivity index (χ2n) is 7.70. The lowest BCUT2D eigenvalue weighted by molar-refractivity contribution is -0.144. The molecular formula is C24H27N3O3S. The van der Waals surface area contributed by atoms with E-state index in [0.717, 1.165) is 45.8 Å². The van der Waals surface area contributed by atoms with Crippen LogP contribution in [0.4, 0.5) is 0 Å². The molecule has 2 atom stereocenters. The number of ether oxygens (including phenoxy) is 2. The highest BCUT2D eigenvalue weighted by Gasteiger charge is 2.25. The van der Waals surface area contributed by atoms with Gasteiger partial charge >= 0.3 is 5.97 Å². The molecule has 2 aromatic carbocycles. The minimum absolute atomic E-state index is 0.0345. The predicted molar refractivity (Wildman–Crippen MR) is 124 cm³/mol. The molecule has 0 spiro atoms. The highest BCUT2D eigenvalue weighted by Crippen LogP contribution is 2.34. The van der Waals surface area contributed by atoms with Crippen molar-refractivity contribution in [3.8, 4) is 5.75 Å². The number of hydrogen-bond acceptors (Lipinski definition) is 6. The van der Waals surface area contributed by atoms with Crippen molar-refractivity contribution in [2.24, 2.45) is 5.73 Å². The summed E-state index contributed by atoms with van der Waals surface area (Å²) in [4.78, 5) is 13.7. The van der Waals surface area contributed by atoms with Crippen LogP contribution >= 0.6 is 11.3 Å². The molecule has 0 amide bonds. The Balaban J connectivity index is 1.56. The summed E-state index contributed by atoms with van der Waals surface area (Å²) in [5, 5.41) is 11.9. The van der Waals surface area contributed by atoms with Gasteiger partial charge in [-0.3, -0.25) is 10.2 Å². The van der Waals surface area contributed by atoms with E-state index in [1.165, 1.54) is 0 Å². The number of benzene rings is 2. The van der Waals surface area contributed by atoms with Gasteiger partial charge in [-0.05, 0) is 73.7 Å². The number of rotatable bonds is 8. The molecule has 0 saturated carbocycles. The number of nitrogen functional groups attached to an aromatic ring is 1. The van der Waals surface area contributed by atoms with Gasteiger partial charge in [0, 0.05) is 21.7 Å². The molecule has 162 valence electrons. The van der Waals surface area contributed by atoms with E-state index in [9.17, 15) is 4.79 Å². The lowest BCUT2D eigenvalue weighted by Crippen LogP contribution is -2.19. The Kier molecular flexibility index (Phi) is 6.53. The summed E-state index contributed by atoms with van der Waals surface area (Å²) in [6.45, 7) is 4.04. The average Bonchev–Trinajstić information content (AvgIpc) is 3.42. The van der Waals surface area contributed by atoms with Crippen molar-refractivity contribution in [2.75, 3.05) is 19.7 Å². The van der Waals surface area contributed by atoms with Crippen molar-refractivity contribution in [1.82, 2.24) is 5.32 Å². The van der Waals surface area contributed by atoms with E-state index in [1.807, 2.05) is 55.5 Å². The Bertz CT molecular complexity index is 1070.